The van der Waals surface area contributed by atoms with Gasteiger partial charge < -0.3 is 14.0 Å². The Morgan fingerprint density at radius 3 is 2.68 bits per heavy atom. The fourth-order valence-electron chi connectivity index (χ4n) is 2.52. The number of hydrogen-bond donors (Lipinski definition) is 0. The number of hydrogen-bond acceptors (Lipinski definition) is 5. The standard InChI is InChI=1S/C19H17N3O3/c1-4-24-16-7-5-13(6-8-16)18-21-17(19(23)25-18)10-14-9-15(11-20)22(3)12(14)2/h5-10H,4H2,1-3H3/b17-10+. The van der Waals surface area contributed by atoms with Crippen molar-refractivity contribution >= 4 is 17.9 Å². The van der Waals surface area contributed by atoms with Crippen molar-refractivity contribution in [2.45, 2.75) is 13.8 Å². The Bertz CT molecular complexity index is 928. The van der Waals surface area contributed by atoms with Gasteiger partial charge in [-0.15, -0.1) is 0 Å². The van der Waals surface area contributed by atoms with Crippen molar-refractivity contribution in [2.75, 3.05) is 6.61 Å². The number of rotatable bonds is 4. The van der Waals surface area contributed by atoms with Gasteiger partial charge in [-0.05, 0) is 55.8 Å². The van der Waals surface area contributed by atoms with Gasteiger partial charge in [0, 0.05) is 18.3 Å². The maximum atomic E-state index is 12.1. The van der Waals surface area contributed by atoms with E-state index < -0.39 is 5.97 Å². The molecule has 0 radical (unpaired) electrons. The number of nitriles is 1. The fourth-order valence-corrected chi connectivity index (χ4v) is 2.52. The Hall–Kier alpha value is -3.33. The van der Waals surface area contributed by atoms with Crippen LogP contribution < -0.4 is 4.74 Å². The van der Waals surface area contributed by atoms with Crippen LogP contribution in [-0.2, 0) is 16.6 Å². The third kappa shape index (κ3) is 3.17. The molecule has 0 fully saturated rings. The molecule has 0 atom stereocenters. The highest BCUT2D eigenvalue weighted by molar-refractivity contribution is 6.12. The molecule has 0 aliphatic carbocycles. The number of esters is 1. The molecule has 0 unspecified atom stereocenters. The van der Waals surface area contributed by atoms with E-state index in [-0.39, 0.29) is 11.6 Å². The van der Waals surface area contributed by atoms with Crippen LogP contribution in [0.25, 0.3) is 6.08 Å². The van der Waals surface area contributed by atoms with E-state index >= 15 is 0 Å². The molecule has 1 aliphatic rings. The van der Waals surface area contributed by atoms with Crippen LogP contribution in [0.1, 0.15) is 29.4 Å². The summed E-state index contributed by atoms with van der Waals surface area (Å²) in [6.07, 6.45) is 1.64. The van der Waals surface area contributed by atoms with E-state index in [9.17, 15) is 4.79 Å². The summed E-state index contributed by atoms with van der Waals surface area (Å²) in [6, 6.07) is 11.0. The Morgan fingerprint density at radius 2 is 2.08 bits per heavy atom. The number of aliphatic imine (C=N–C) groups is 1. The number of aromatic nitrogens is 1. The fraction of sp³-hybridized carbons (Fsp3) is 0.211. The van der Waals surface area contributed by atoms with Crippen LogP contribution in [0.4, 0.5) is 0 Å². The van der Waals surface area contributed by atoms with Crippen molar-refractivity contribution in [3.8, 4) is 11.8 Å². The van der Waals surface area contributed by atoms with Crippen molar-refractivity contribution < 1.29 is 14.3 Å². The van der Waals surface area contributed by atoms with Crippen LogP contribution in [0.15, 0.2) is 41.0 Å². The summed E-state index contributed by atoms with van der Waals surface area (Å²) in [4.78, 5) is 16.4. The zero-order chi connectivity index (χ0) is 18.0. The average Bonchev–Trinajstić information content (AvgIpc) is 3.11. The van der Waals surface area contributed by atoms with Crippen molar-refractivity contribution in [1.29, 1.82) is 5.26 Å². The first kappa shape index (κ1) is 16.5. The van der Waals surface area contributed by atoms with Crippen LogP contribution in [0.3, 0.4) is 0 Å². The smallest absolute Gasteiger partial charge is 0.363 e. The van der Waals surface area contributed by atoms with Gasteiger partial charge in [-0.1, -0.05) is 0 Å². The normalized spacial score (nSPS) is 15.0. The molecule has 1 aromatic carbocycles. The number of carbonyl (C=O) groups excluding carboxylic acids is 1. The summed E-state index contributed by atoms with van der Waals surface area (Å²) in [5.74, 6) is 0.495. The first-order valence-corrected chi connectivity index (χ1v) is 7.85. The number of nitrogens with zero attached hydrogens (tertiary/aromatic N) is 3. The minimum Gasteiger partial charge on any atom is -0.494 e. The molecule has 0 N–H and O–H groups in total. The van der Waals surface area contributed by atoms with Crippen molar-refractivity contribution in [1.82, 2.24) is 4.57 Å². The third-order valence-corrected chi connectivity index (χ3v) is 4.01. The molecule has 6 heteroatoms. The van der Waals surface area contributed by atoms with Gasteiger partial charge in [0.05, 0.1) is 6.61 Å². The first-order chi connectivity index (χ1) is 12.0. The van der Waals surface area contributed by atoms with Crippen LogP contribution in [0.2, 0.25) is 0 Å². The highest BCUT2D eigenvalue weighted by Gasteiger charge is 2.24. The molecule has 0 saturated heterocycles. The van der Waals surface area contributed by atoms with Crippen LogP contribution >= 0.6 is 0 Å². The zero-order valence-corrected chi connectivity index (χ0v) is 14.2. The molecule has 6 nitrogen and oxygen atoms in total. The lowest BCUT2D eigenvalue weighted by Crippen LogP contribution is -2.05. The highest BCUT2D eigenvalue weighted by Crippen LogP contribution is 2.23. The molecular weight excluding hydrogens is 318 g/mol. The predicted octanol–water partition coefficient (Wildman–Crippen LogP) is 2.95. The molecule has 1 aliphatic heterocycles. The number of cyclic esters (lactones) is 1. The lowest BCUT2D eigenvalue weighted by molar-refractivity contribution is -0.129. The second-order valence-electron chi connectivity index (χ2n) is 5.53. The molecule has 126 valence electrons. The summed E-state index contributed by atoms with van der Waals surface area (Å²) >= 11 is 0. The molecule has 0 amide bonds. The maximum Gasteiger partial charge on any atom is 0.363 e. The molecular formula is C19H17N3O3. The van der Waals surface area contributed by atoms with Gasteiger partial charge >= 0.3 is 5.97 Å². The quantitative estimate of drug-likeness (QED) is 0.636. The van der Waals surface area contributed by atoms with E-state index in [0.29, 0.717) is 17.9 Å². The minimum atomic E-state index is -0.509. The lowest BCUT2D eigenvalue weighted by atomic mass is 10.2. The Morgan fingerprint density at radius 1 is 1.36 bits per heavy atom. The molecule has 0 spiro atoms. The van der Waals surface area contributed by atoms with E-state index in [4.69, 9.17) is 14.7 Å². The van der Waals surface area contributed by atoms with Crippen LogP contribution in [0.5, 0.6) is 5.75 Å². The van der Waals surface area contributed by atoms with Gasteiger partial charge in [0.1, 0.15) is 17.5 Å². The maximum absolute atomic E-state index is 12.1. The molecule has 2 aromatic rings. The Labute approximate surface area is 145 Å². The van der Waals surface area contributed by atoms with Crippen molar-refractivity contribution in [3.63, 3.8) is 0 Å². The number of benzene rings is 1. The van der Waals surface area contributed by atoms with Gasteiger partial charge in [0.15, 0.2) is 5.70 Å². The topological polar surface area (TPSA) is 76.6 Å². The molecule has 0 bridgehead atoms. The largest absolute Gasteiger partial charge is 0.494 e. The SMILES string of the molecule is CCOc1ccc(C2=N/C(=C/c3cc(C#N)n(C)c3C)C(=O)O2)cc1. The summed E-state index contributed by atoms with van der Waals surface area (Å²) < 4.78 is 12.4. The van der Waals surface area contributed by atoms with Crippen LogP contribution in [-0.4, -0.2) is 23.0 Å². The highest BCUT2D eigenvalue weighted by atomic mass is 16.6. The van der Waals surface area contributed by atoms with Gasteiger partial charge in [-0.3, -0.25) is 0 Å². The van der Waals surface area contributed by atoms with E-state index in [1.54, 1.807) is 48.0 Å². The predicted molar refractivity (Wildman–Crippen MR) is 93.1 cm³/mol. The molecule has 1 aromatic heterocycles. The van der Waals surface area contributed by atoms with Crippen molar-refractivity contribution in [2.24, 2.45) is 12.0 Å². The van der Waals surface area contributed by atoms with E-state index in [0.717, 1.165) is 17.0 Å². The molecule has 2 heterocycles. The van der Waals surface area contributed by atoms with Gasteiger partial charge in [-0.25, -0.2) is 9.79 Å². The van der Waals surface area contributed by atoms with Gasteiger partial charge in [0.25, 0.3) is 0 Å². The second-order valence-corrected chi connectivity index (χ2v) is 5.53. The van der Waals surface area contributed by atoms with Gasteiger partial charge in [0.2, 0.25) is 5.90 Å². The van der Waals surface area contributed by atoms with E-state index in [2.05, 4.69) is 11.1 Å². The van der Waals surface area contributed by atoms with E-state index in [1.807, 2.05) is 13.8 Å². The molecule has 0 saturated carbocycles. The number of carbonyl (C=O) groups is 1. The minimum absolute atomic E-state index is 0.210. The lowest BCUT2D eigenvalue weighted by Gasteiger charge is -2.03. The van der Waals surface area contributed by atoms with E-state index in [1.165, 1.54) is 0 Å². The number of ether oxygens (including phenoxy) is 2. The Kier molecular flexibility index (Phi) is 4.40. The summed E-state index contributed by atoms with van der Waals surface area (Å²) in [6.45, 7) is 4.38. The third-order valence-electron chi connectivity index (χ3n) is 4.01. The average molecular weight is 335 g/mol. The summed E-state index contributed by atoms with van der Waals surface area (Å²) in [5.41, 5.74) is 3.07. The second kappa shape index (κ2) is 6.65. The summed E-state index contributed by atoms with van der Waals surface area (Å²) in [5, 5.41) is 9.10. The molecule has 3 rings (SSSR count). The molecule has 25 heavy (non-hydrogen) atoms. The van der Waals surface area contributed by atoms with Crippen molar-refractivity contribution in [3.05, 3.63) is 58.5 Å². The Balaban J connectivity index is 1.91. The van der Waals surface area contributed by atoms with Gasteiger partial charge in [-0.2, -0.15) is 5.26 Å². The monoisotopic (exact) mass is 335 g/mol. The first-order valence-electron chi connectivity index (χ1n) is 7.85. The zero-order valence-electron chi connectivity index (χ0n) is 14.2. The summed E-state index contributed by atoms with van der Waals surface area (Å²) in [7, 11) is 1.80. The van der Waals surface area contributed by atoms with Crippen LogP contribution in [0, 0.1) is 18.3 Å².